The summed E-state index contributed by atoms with van der Waals surface area (Å²) >= 11 is 1.04. The molecule has 9 nitrogen and oxygen atoms in total. The van der Waals surface area contributed by atoms with Crippen molar-refractivity contribution in [2.45, 2.75) is 4.21 Å². The van der Waals surface area contributed by atoms with Gasteiger partial charge >= 0.3 is 5.97 Å². The molecule has 0 bridgehead atoms. The number of benzene rings is 2. The van der Waals surface area contributed by atoms with Crippen LogP contribution in [-0.2, 0) is 14.8 Å². The number of hydrogen-bond donors (Lipinski definition) is 3. The standard InChI is InChI=1S/C20H17N3O6S2/c1-29-20(26)14-7-4-6-13(12-14)18(24)21-22-19(25)15-8-2-3-9-16(15)23-31(27,28)17-10-5-11-30-17/h2-12,23H,1H3,(H,21,24)(H,22,25). The number of carbonyl (C=O) groups excluding carboxylic acids is 3. The molecule has 160 valence electrons. The van der Waals surface area contributed by atoms with E-state index in [4.69, 9.17) is 0 Å². The van der Waals surface area contributed by atoms with Gasteiger partial charge in [-0.25, -0.2) is 13.2 Å². The van der Waals surface area contributed by atoms with Crippen LogP contribution < -0.4 is 15.6 Å². The predicted octanol–water partition coefficient (Wildman–Crippen LogP) is 2.41. The van der Waals surface area contributed by atoms with Crippen molar-refractivity contribution < 1.29 is 27.5 Å². The van der Waals surface area contributed by atoms with Gasteiger partial charge in [0.1, 0.15) is 4.21 Å². The van der Waals surface area contributed by atoms with Gasteiger partial charge in [0.25, 0.3) is 21.8 Å². The quantitative estimate of drug-likeness (QED) is 0.383. The fourth-order valence-corrected chi connectivity index (χ4v) is 4.61. The Morgan fingerprint density at radius 3 is 2.29 bits per heavy atom. The Bertz CT molecular complexity index is 1220. The van der Waals surface area contributed by atoms with Crippen LogP contribution in [-0.4, -0.2) is 33.3 Å². The number of anilines is 1. The van der Waals surface area contributed by atoms with Crippen molar-refractivity contribution in [2.75, 3.05) is 11.8 Å². The van der Waals surface area contributed by atoms with Gasteiger partial charge in [-0.15, -0.1) is 11.3 Å². The number of hydrogen-bond acceptors (Lipinski definition) is 7. The lowest BCUT2D eigenvalue weighted by Gasteiger charge is -2.13. The summed E-state index contributed by atoms with van der Waals surface area (Å²) in [6.07, 6.45) is 0. The molecule has 0 saturated heterocycles. The van der Waals surface area contributed by atoms with E-state index < -0.39 is 27.8 Å². The van der Waals surface area contributed by atoms with E-state index in [0.717, 1.165) is 11.3 Å². The average molecular weight is 460 g/mol. The van der Waals surface area contributed by atoms with Crippen LogP contribution in [0.1, 0.15) is 31.1 Å². The first kappa shape index (κ1) is 22.0. The van der Waals surface area contributed by atoms with Gasteiger partial charge < -0.3 is 4.74 Å². The molecule has 0 fully saturated rings. The number of hydrazine groups is 1. The van der Waals surface area contributed by atoms with Crippen LogP contribution in [0, 0.1) is 0 Å². The Hall–Kier alpha value is -3.70. The first-order chi connectivity index (χ1) is 14.8. The van der Waals surface area contributed by atoms with Crippen molar-refractivity contribution in [3.05, 3.63) is 82.7 Å². The van der Waals surface area contributed by atoms with E-state index in [9.17, 15) is 22.8 Å². The number of sulfonamides is 1. The van der Waals surface area contributed by atoms with Crippen LogP contribution in [0.25, 0.3) is 0 Å². The summed E-state index contributed by atoms with van der Waals surface area (Å²) in [5, 5.41) is 1.62. The molecule has 31 heavy (non-hydrogen) atoms. The van der Waals surface area contributed by atoms with Gasteiger partial charge in [-0.3, -0.25) is 25.2 Å². The Kier molecular flexibility index (Phi) is 6.68. The second kappa shape index (κ2) is 9.41. The topological polar surface area (TPSA) is 131 Å². The Balaban J connectivity index is 1.72. The third-order valence-corrected chi connectivity index (χ3v) is 6.77. The van der Waals surface area contributed by atoms with Crippen molar-refractivity contribution in [1.82, 2.24) is 10.9 Å². The van der Waals surface area contributed by atoms with Crippen molar-refractivity contribution >= 4 is 44.8 Å². The minimum atomic E-state index is -3.86. The Morgan fingerprint density at radius 2 is 1.58 bits per heavy atom. The second-order valence-corrected chi connectivity index (χ2v) is 8.92. The SMILES string of the molecule is COC(=O)c1cccc(C(=O)NNC(=O)c2ccccc2NS(=O)(=O)c2cccs2)c1. The molecule has 3 N–H and O–H groups in total. The third-order valence-electron chi connectivity index (χ3n) is 4.01. The molecule has 0 spiro atoms. The molecule has 0 aliphatic carbocycles. The number of methoxy groups -OCH3 is 1. The molecule has 11 heteroatoms. The summed E-state index contributed by atoms with van der Waals surface area (Å²) in [6, 6.07) is 14.8. The first-order valence-corrected chi connectivity index (χ1v) is 11.1. The number of nitrogens with one attached hydrogen (secondary N) is 3. The second-order valence-electron chi connectivity index (χ2n) is 6.06. The molecule has 3 aromatic rings. The molecule has 0 unspecified atom stereocenters. The average Bonchev–Trinajstić information content (AvgIpc) is 3.33. The number of para-hydroxylation sites is 1. The molecule has 1 heterocycles. The zero-order chi connectivity index (χ0) is 22.4. The van der Waals surface area contributed by atoms with Gasteiger partial charge in [0, 0.05) is 5.56 Å². The van der Waals surface area contributed by atoms with Gasteiger partial charge in [-0.1, -0.05) is 24.3 Å². The first-order valence-electron chi connectivity index (χ1n) is 8.76. The zero-order valence-electron chi connectivity index (χ0n) is 16.1. The van der Waals surface area contributed by atoms with E-state index in [0.29, 0.717) is 0 Å². The lowest BCUT2D eigenvalue weighted by molar-refractivity contribution is 0.0600. The summed E-state index contributed by atoms with van der Waals surface area (Å²) in [5.74, 6) is -2.01. The van der Waals surface area contributed by atoms with Gasteiger partial charge in [-0.2, -0.15) is 0 Å². The monoisotopic (exact) mass is 459 g/mol. The van der Waals surface area contributed by atoms with Crippen molar-refractivity contribution in [1.29, 1.82) is 0 Å². The smallest absolute Gasteiger partial charge is 0.337 e. The van der Waals surface area contributed by atoms with E-state index >= 15 is 0 Å². The van der Waals surface area contributed by atoms with E-state index in [1.807, 2.05) is 0 Å². The summed E-state index contributed by atoms with van der Waals surface area (Å²) < 4.78 is 32.0. The van der Waals surface area contributed by atoms with Gasteiger partial charge in [0.05, 0.1) is 23.9 Å². The van der Waals surface area contributed by atoms with E-state index in [-0.39, 0.29) is 26.6 Å². The highest BCUT2D eigenvalue weighted by Gasteiger charge is 2.20. The molecule has 0 aliphatic rings. The number of ether oxygens (including phenoxy) is 1. The molecule has 0 radical (unpaired) electrons. The maximum atomic E-state index is 12.6. The lowest BCUT2D eigenvalue weighted by atomic mass is 10.1. The van der Waals surface area contributed by atoms with Crippen LogP contribution >= 0.6 is 11.3 Å². The van der Waals surface area contributed by atoms with E-state index in [2.05, 4.69) is 20.3 Å². The van der Waals surface area contributed by atoms with Gasteiger partial charge in [0.15, 0.2) is 0 Å². The highest BCUT2D eigenvalue weighted by Crippen LogP contribution is 2.22. The number of rotatable bonds is 6. The number of thiophene rings is 1. The summed E-state index contributed by atoms with van der Waals surface area (Å²) in [5.41, 5.74) is 4.82. The number of carbonyl (C=O) groups is 3. The molecule has 2 aromatic carbocycles. The summed E-state index contributed by atoms with van der Waals surface area (Å²) in [4.78, 5) is 36.5. The summed E-state index contributed by atoms with van der Waals surface area (Å²) in [6.45, 7) is 0. The normalized spacial score (nSPS) is 10.7. The molecular weight excluding hydrogens is 442 g/mol. The van der Waals surface area contributed by atoms with Gasteiger partial charge in [0.2, 0.25) is 0 Å². The molecule has 1 aromatic heterocycles. The lowest BCUT2D eigenvalue weighted by Crippen LogP contribution is -2.42. The van der Waals surface area contributed by atoms with Gasteiger partial charge in [-0.05, 0) is 41.8 Å². The minimum Gasteiger partial charge on any atom is -0.465 e. The van der Waals surface area contributed by atoms with Crippen LogP contribution in [0.15, 0.2) is 70.3 Å². The Morgan fingerprint density at radius 1 is 0.871 bits per heavy atom. The fourth-order valence-electron chi connectivity index (χ4n) is 2.54. The highest BCUT2D eigenvalue weighted by molar-refractivity contribution is 7.94. The molecule has 2 amide bonds. The number of esters is 1. The largest absolute Gasteiger partial charge is 0.465 e. The van der Waals surface area contributed by atoms with Crippen LogP contribution in [0.4, 0.5) is 5.69 Å². The highest BCUT2D eigenvalue weighted by atomic mass is 32.2. The zero-order valence-corrected chi connectivity index (χ0v) is 17.7. The molecule has 3 rings (SSSR count). The van der Waals surface area contributed by atoms with Crippen LogP contribution in [0.2, 0.25) is 0 Å². The third kappa shape index (κ3) is 5.27. The van der Waals surface area contributed by atoms with E-state index in [1.54, 1.807) is 23.6 Å². The minimum absolute atomic E-state index is 0.00578. The maximum absolute atomic E-state index is 12.6. The predicted molar refractivity (Wildman–Crippen MR) is 114 cm³/mol. The molecule has 0 aliphatic heterocycles. The Labute approximate surface area is 182 Å². The molecular formula is C20H17N3O6S2. The number of amides is 2. The van der Waals surface area contributed by atoms with Crippen molar-refractivity contribution in [2.24, 2.45) is 0 Å². The summed E-state index contributed by atoms with van der Waals surface area (Å²) in [7, 11) is -2.64. The maximum Gasteiger partial charge on any atom is 0.337 e. The van der Waals surface area contributed by atoms with Crippen molar-refractivity contribution in [3.63, 3.8) is 0 Å². The van der Waals surface area contributed by atoms with Crippen molar-refractivity contribution in [3.8, 4) is 0 Å². The van der Waals surface area contributed by atoms with E-state index in [1.165, 1.54) is 49.6 Å². The molecule has 0 saturated carbocycles. The molecule has 0 atom stereocenters. The van der Waals surface area contributed by atoms with Crippen LogP contribution in [0.3, 0.4) is 0 Å². The fraction of sp³-hybridized carbons (Fsp3) is 0.0500. The van der Waals surface area contributed by atoms with Crippen LogP contribution in [0.5, 0.6) is 0 Å².